The maximum atomic E-state index is 13.0. The molecule has 2 aromatic rings. The molecule has 4 rings (SSSR count). The van der Waals surface area contributed by atoms with E-state index >= 15 is 0 Å². The first-order valence-electron chi connectivity index (χ1n) is 7.81. The molecule has 25 heavy (non-hydrogen) atoms. The maximum Gasteiger partial charge on any atom is 0.261 e. The van der Waals surface area contributed by atoms with Crippen LogP contribution in [0.1, 0.15) is 34.3 Å². The van der Waals surface area contributed by atoms with Gasteiger partial charge < -0.3 is 0 Å². The van der Waals surface area contributed by atoms with Crippen LogP contribution in [0, 0.1) is 10.1 Å². The minimum absolute atomic E-state index is 0.186. The SMILES string of the molecule is CC1=NC2=C(C(=O)c3ccccc32)[C@H](c2ccc(Cl)cc2)C1[N+](=O)[O-]. The molecule has 0 bridgehead atoms. The van der Waals surface area contributed by atoms with Gasteiger partial charge in [-0.3, -0.25) is 14.9 Å². The first kappa shape index (κ1) is 15.7. The number of fused-ring (bicyclic) bond motifs is 2. The number of halogens is 1. The first-order chi connectivity index (χ1) is 12.0. The molecule has 1 aliphatic carbocycles. The number of aliphatic imine (C=N–C) groups is 1. The normalized spacial score (nSPS) is 21.7. The van der Waals surface area contributed by atoms with Crippen LogP contribution in [0.15, 0.2) is 59.1 Å². The summed E-state index contributed by atoms with van der Waals surface area (Å²) in [5.41, 5.74) is 3.32. The van der Waals surface area contributed by atoms with Crippen LogP contribution < -0.4 is 0 Å². The summed E-state index contributed by atoms with van der Waals surface area (Å²) in [6.07, 6.45) is 0. The van der Waals surface area contributed by atoms with E-state index in [0.29, 0.717) is 33.1 Å². The molecular weight excluding hydrogens is 340 g/mol. The topological polar surface area (TPSA) is 72.6 Å². The second kappa shape index (κ2) is 5.63. The molecule has 0 radical (unpaired) electrons. The van der Waals surface area contributed by atoms with Crippen molar-refractivity contribution in [3.8, 4) is 0 Å². The summed E-state index contributed by atoms with van der Waals surface area (Å²) in [6.45, 7) is 1.64. The van der Waals surface area contributed by atoms with Gasteiger partial charge in [-0.2, -0.15) is 0 Å². The zero-order valence-corrected chi connectivity index (χ0v) is 14.0. The summed E-state index contributed by atoms with van der Waals surface area (Å²) in [5.74, 6) is -0.867. The van der Waals surface area contributed by atoms with Crippen molar-refractivity contribution in [1.82, 2.24) is 0 Å². The quantitative estimate of drug-likeness (QED) is 0.602. The van der Waals surface area contributed by atoms with E-state index in [9.17, 15) is 14.9 Å². The van der Waals surface area contributed by atoms with Gasteiger partial charge in [0.1, 0.15) is 0 Å². The van der Waals surface area contributed by atoms with Crippen LogP contribution >= 0.6 is 11.6 Å². The Morgan fingerprint density at radius 1 is 1.08 bits per heavy atom. The predicted octanol–water partition coefficient (Wildman–Crippen LogP) is 4.15. The van der Waals surface area contributed by atoms with Crippen LogP contribution in [-0.4, -0.2) is 22.5 Å². The van der Waals surface area contributed by atoms with Crippen LogP contribution in [0.4, 0.5) is 0 Å². The van der Waals surface area contributed by atoms with Gasteiger partial charge in [0.25, 0.3) is 6.04 Å². The highest BCUT2D eigenvalue weighted by Gasteiger charge is 2.48. The lowest BCUT2D eigenvalue weighted by Crippen LogP contribution is -2.38. The first-order valence-corrected chi connectivity index (χ1v) is 8.19. The number of carbonyl (C=O) groups is 1. The average molecular weight is 353 g/mol. The lowest BCUT2D eigenvalue weighted by molar-refractivity contribution is -0.505. The zero-order chi connectivity index (χ0) is 17.7. The fourth-order valence-corrected chi connectivity index (χ4v) is 3.76. The molecule has 124 valence electrons. The number of hydrogen-bond acceptors (Lipinski definition) is 4. The van der Waals surface area contributed by atoms with E-state index in [2.05, 4.69) is 4.99 Å². The van der Waals surface area contributed by atoms with Crippen LogP contribution in [0.3, 0.4) is 0 Å². The summed E-state index contributed by atoms with van der Waals surface area (Å²) >= 11 is 5.95. The summed E-state index contributed by atoms with van der Waals surface area (Å²) in [4.78, 5) is 28.8. The molecule has 0 N–H and O–H groups in total. The van der Waals surface area contributed by atoms with Gasteiger partial charge in [-0.05, 0) is 24.6 Å². The third-order valence-electron chi connectivity index (χ3n) is 4.73. The third kappa shape index (κ3) is 2.31. The molecule has 1 unspecified atom stereocenters. The van der Waals surface area contributed by atoms with Gasteiger partial charge in [-0.25, -0.2) is 4.99 Å². The molecule has 2 aliphatic rings. The number of carbonyl (C=O) groups excluding carboxylic acids is 1. The lowest BCUT2D eigenvalue weighted by Gasteiger charge is -2.26. The monoisotopic (exact) mass is 352 g/mol. The van der Waals surface area contributed by atoms with Crippen LogP contribution in [0.25, 0.3) is 5.70 Å². The van der Waals surface area contributed by atoms with Gasteiger partial charge in [0.05, 0.1) is 17.3 Å². The number of rotatable bonds is 2. The molecule has 0 amide bonds. The summed E-state index contributed by atoms with van der Waals surface area (Å²) < 4.78 is 0. The number of hydrogen-bond donors (Lipinski definition) is 0. The molecule has 2 aromatic carbocycles. The van der Waals surface area contributed by atoms with Crippen molar-refractivity contribution < 1.29 is 9.72 Å². The Morgan fingerprint density at radius 2 is 1.72 bits per heavy atom. The minimum atomic E-state index is -1.07. The molecule has 0 saturated heterocycles. The molecule has 2 atom stereocenters. The zero-order valence-electron chi connectivity index (χ0n) is 13.3. The lowest BCUT2D eigenvalue weighted by atomic mass is 9.80. The highest BCUT2D eigenvalue weighted by atomic mass is 35.5. The number of ketones is 1. The van der Waals surface area contributed by atoms with Crippen molar-refractivity contribution in [2.75, 3.05) is 0 Å². The Hall–Kier alpha value is -2.79. The molecule has 1 aliphatic heterocycles. The van der Waals surface area contributed by atoms with E-state index in [1.54, 1.807) is 43.3 Å². The number of benzene rings is 2. The van der Waals surface area contributed by atoms with Crippen molar-refractivity contribution in [3.05, 3.63) is 85.9 Å². The molecule has 1 heterocycles. The van der Waals surface area contributed by atoms with Gasteiger partial charge in [-0.15, -0.1) is 0 Å². The maximum absolute atomic E-state index is 13.0. The van der Waals surface area contributed by atoms with Crippen molar-refractivity contribution in [3.63, 3.8) is 0 Å². The minimum Gasteiger partial charge on any atom is -0.289 e. The van der Waals surface area contributed by atoms with Gasteiger partial charge in [0, 0.05) is 26.6 Å². The van der Waals surface area contributed by atoms with Crippen LogP contribution in [0.2, 0.25) is 5.02 Å². The van der Waals surface area contributed by atoms with Gasteiger partial charge in [0.15, 0.2) is 5.78 Å². The standard InChI is InChI=1S/C19H13ClN2O3/c1-10-18(22(24)25)15(11-6-8-12(20)9-7-11)16-17(21-10)13-4-2-3-5-14(13)19(16)23/h2-9,15,18H,1H3/t15-,18?/m0/s1. The van der Waals surface area contributed by atoms with E-state index in [0.717, 1.165) is 5.56 Å². The smallest absolute Gasteiger partial charge is 0.261 e. The third-order valence-corrected chi connectivity index (χ3v) is 4.98. The van der Waals surface area contributed by atoms with E-state index < -0.39 is 12.0 Å². The molecular formula is C19H13ClN2O3. The van der Waals surface area contributed by atoms with Crippen molar-refractivity contribution in [2.45, 2.75) is 18.9 Å². The van der Waals surface area contributed by atoms with E-state index in [4.69, 9.17) is 11.6 Å². The van der Waals surface area contributed by atoms with Gasteiger partial charge in [0.2, 0.25) is 0 Å². The molecule has 0 spiro atoms. The van der Waals surface area contributed by atoms with Crippen molar-refractivity contribution >= 4 is 28.8 Å². The van der Waals surface area contributed by atoms with E-state index in [1.165, 1.54) is 0 Å². The molecule has 0 saturated carbocycles. The molecule has 6 heteroatoms. The fourth-order valence-electron chi connectivity index (χ4n) is 3.63. The van der Waals surface area contributed by atoms with Crippen LogP contribution in [0.5, 0.6) is 0 Å². The Bertz CT molecular complexity index is 976. The highest BCUT2D eigenvalue weighted by Crippen LogP contribution is 2.46. The van der Waals surface area contributed by atoms with Crippen molar-refractivity contribution in [1.29, 1.82) is 0 Å². The Labute approximate surface area is 148 Å². The molecule has 5 nitrogen and oxygen atoms in total. The fraction of sp³-hybridized carbons (Fsp3) is 0.158. The van der Waals surface area contributed by atoms with E-state index in [-0.39, 0.29) is 10.7 Å². The predicted molar refractivity (Wildman–Crippen MR) is 95.8 cm³/mol. The number of nitro groups is 1. The molecule has 0 fully saturated rings. The second-order valence-electron chi connectivity index (χ2n) is 6.15. The average Bonchev–Trinajstić information content (AvgIpc) is 2.87. The summed E-state index contributed by atoms with van der Waals surface area (Å²) in [6, 6.07) is 13.0. The number of nitrogens with zero attached hydrogens (tertiary/aromatic N) is 2. The second-order valence-corrected chi connectivity index (χ2v) is 6.59. The summed E-state index contributed by atoms with van der Waals surface area (Å²) in [5, 5.41) is 12.3. The van der Waals surface area contributed by atoms with Gasteiger partial charge in [-0.1, -0.05) is 48.0 Å². The van der Waals surface area contributed by atoms with Crippen molar-refractivity contribution in [2.24, 2.45) is 4.99 Å². The Morgan fingerprint density at radius 3 is 2.36 bits per heavy atom. The largest absolute Gasteiger partial charge is 0.289 e. The Balaban J connectivity index is 1.96. The molecule has 0 aromatic heterocycles. The number of Topliss-reactive ketones (excluding diaryl/α,β-unsaturated/α-hetero) is 1. The van der Waals surface area contributed by atoms with E-state index in [1.807, 2.05) is 12.1 Å². The van der Waals surface area contributed by atoms with Crippen LogP contribution in [-0.2, 0) is 0 Å². The Kier molecular flexibility index (Phi) is 3.54. The van der Waals surface area contributed by atoms with Gasteiger partial charge >= 0.3 is 0 Å². The summed E-state index contributed by atoms with van der Waals surface area (Å²) in [7, 11) is 0. The highest BCUT2D eigenvalue weighted by molar-refractivity contribution is 6.30.